The second-order valence-electron chi connectivity index (χ2n) is 7.55. The van der Waals surface area contributed by atoms with E-state index in [9.17, 15) is 14.4 Å². The zero-order valence-electron chi connectivity index (χ0n) is 17.7. The first-order valence-electron chi connectivity index (χ1n) is 10.0. The Kier molecular flexibility index (Phi) is 5.84. The highest BCUT2D eigenvalue weighted by Crippen LogP contribution is 2.25. The van der Waals surface area contributed by atoms with Gasteiger partial charge in [0.05, 0.1) is 22.5 Å². The van der Waals surface area contributed by atoms with Crippen molar-refractivity contribution >= 4 is 45.0 Å². The number of methoxy groups -OCH3 is 1. The van der Waals surface area contributed by atoms with E-state index >= 15 is 0 Å². The van der Waals surface area contributed by atoms with Crippen molar-refractivity contribution in [3.8, 4) is 0 Å². The van der Waals surface area contributed by atoms with Crippen molar-refractivity contribution in [3.05, 3.63) is 57.9 Å². The number of hydrogen-bond acceptors (Lipinski definition) is 5. The fourth-order valence-electron chi connectivity index (χ4n) is 3.79. The van der Waals surface area contributed by atoms with Gasteiger partial charge in [0.2, 0.25) is 11.8 Å². The maximum atomic E-state index is 13.0. The predicted molar refractivity (Wildman–Crippen MR) is 119 cm³/mol. The molecule has 2 heterocycles. The molecule has 1 saturated heterocycles. The van der Waals surface area contributed by atoms with Crippen molar-refractivity contribution in [1.82, 2.24) is 4.57 Å². The lowest BCUT2D eigenvalue weighted by Crippen LogP contribution is -2.28. The maximum absolute atomic E-state index is 13.0. The van der Waals surface area contributed by atoms with E-state index in [1.807, 2.05) is 18.4 Å². The number of thiazole rings is 1. The molecule has 2 aromatic carbocycles. The Hall–Kier alpha value is -3.10. The van der Waals surface area contributed by atoms with Gasteiger partial charge in [0, 0.05) is 32.1 Å². The zero-order chi connectivity index (χ0) is 22.1. The number of amides is 3. The molecule has 8 heteroatoms. The van der Waals surface area contributed by atoms with Gasteiger partial charge in [-0.25, -0.2) is 0 Å². The van der Waals surface area contributed by atoms with Gasteiger partial charge in [-0.1, -0.05) is 23.5 Å². The average Bonchev–Trinajstić information content (AvgIpc) is 3.25. The van der Waals surface area contributed by atoms with Crippen LogP contribution in [0, 0.1) is 13.8 Å². The summed E-state index contributed by atoms with van der Waals surface area (Å²) in [5.41, 5.74) is 4.03. The number of fused-ring (bicyclic) bond motifs is 1. The molecule has 0 N–H and O–H groups in total. The van der Waals surface area contributed by atoms with E-state index in [0.29, 0.717) is 29.2 Å². The lowest BCUT2D eigenvalue weighted by Gasteiger charge is -2.14. The van der Waals surface area contributed by atoms with E-state index in [2.05, 4.69) is 17.1 Å². The molecule has 0 atom stereocenters. The fourth-order valence-corrected chi connectivity index (χ4v) is 4.90. The van der Waals surface area contributed by atoms with Crippen molar-refractivity contribution < 1.29 is 19.1 Å². The summed E-state index contributed by atoms with van der Waals surface area (Å²) in [4.78, 5) is 43.2. The largest absolute Gasteiger partial charge is 0.383 e. The molecule has 1 aliphatic heterocycles. The SMILES string of the molecule is COCCn1c(=NC(=O)c2cccc(N3C(=O)CCC3=O)c2)sc2c(C)cc(C)cc21. The molecule has 0 saturated carbocycles. The molecule has 160 valence electrons. The van der Waals surface area contributed by atoms with Crippen LogP contribution < -0.4 is 9.70 Å². The van der Waals surface area contributed by atoms with Crippen molar-refractivity contribution in [2.24, 2.45) is 4.99 Å². The Bertz CT molecular complexity index is 1260. The van der Waals surface area contributed by atoms with E-state index < -0.39 is 5.91 Å². The third-order valence-electron chi connectivity index (χ3n) is 5.23. The van der Waals surface area contributed by atoms with Crippen LogP contribution in [0.4, 0.5) is 5.69 Å². The molecule has 7 nitrogen and oxygen atoms in total. The minimum Gasteiger partial charge on any atom is -0.383 e. The van der Waals surface area contributed by atoms with Gasteiger partial charge in [0.1, 0.15) is 0 Å². The molecule has 31 heavy (non-hydrogen) atoms. The lowest BCUT2D eigenvalue weighted by atomic mass is 10.1. The molecule has 3 amide bonds. The second kappa shape index (κ2) is 8.56. The van der Waals surface area contributed by atoms with Crippen molar-refractivity contribution in [2.45, 2.75) is 33.2 Å². The van der Waals surface area contributed by atoms with Crippen LogP contribution in [0.3, 0.4) is 0 Å². The molecule has 3 aromatic rings. The lowest BCUT2D eigenvalue weighted by molar-refractivity contribution is -0.121. The summed E-state index contributed by atoms with van der Waals surface area (Å²) in [5.74, 6) is -0.924. The van der Waals surface area contributed by atoms with Crippen LogP contribution in [0.15, 0.2) is 41.4 Å². The van der Waals surface area contributed by atoms with Crippen LogP contribution in [-0.2, 0) is 20.9 Å². The molecule has 1 fully saturated rings. The Morgan fingerprint density at radius 1 is 1.13 bits per heavy atom. The van der Waals surface area contributed by atoms with Crippen LogP contribution in [-0.4, -0.2) is 36.0 Å². The van der Waals surface area contributed by atoms with Crippen molar-refractivity contribution in [1.29, 1.82) is 0 Å². The predicted octanol–water partition coefficient (Wildman–Crippen LogP) is 3.36. The van der Waals surface area contributed by atoms with E-state index in [4.69, 9.17) is 4.74 Å². The number of aromatic nitrogens is 1. The monoisotopic (exact) mass is 437 g/mol. The molecular weight excluding hydrogens is 414 g/mol. The van der Waals surface area contributed by atoms with E-state index in [0.717, 1.165) is 26.2 Å². The van der Waals surface area contributed by atoms with E-state index in [-0.39, 0.29) is 24.7 Å². The van der Waals surface area contributed by atoms with Crippen LogP contribution in [0.5, 0.6) is 0 Å². The van der Waals surface area contributed by atoms with Gasteiger partial charge in [-0.2, -0.15) is 4.99 Å². The van der Waals surface area contributed by atoms with Gasteiger partial charge >= 0.3 is 0 Å². The fraction of sp³-hybridized carbons (Fsp3) is 0.304. The standard InChI is InChI=1S/C23H23N3O4S/c1-14-11-15(2)21-18(12-14)25(9-10-30-3)23(31-21)24-22(29)16-5-4-6-17(13-16)26-19(27)7-8-20(26)28/h4-6,11-13H,7-10H2,1-3H3. The van der Waals surface area contributed by atoms with Crippen LogP contribution in [0.2, 0.25) is 0 Å². The number of imide groups is 1. The molecule has 4 rings (SSSR count). The smallest absolute Gasteiger partial charge is 0.279 e. The van der Waals surface area contributed by atoms with Gasteiger partial charge in [-0.15, -0.1) is 0 Å². The van der Waals surface area contributed by atoms with E-state index in [1.165, 1.54) is 11.3 Å². The minimum absolute atomic E-state index is 0.196. The summed E-state index contributed by atoms with van der Waals surface area (Å²) in [6.45, 7) is 5.15. The molecule has 1 aromatic heterocycles. The summed E-state index contributed by atoms with van der Waals surface area (Å²) in [6, 6.07) is 10.7. The molecule has 0 unspecified atom stereocenters. The summed E-state index contributed by atoms with van der Waals surface area (Å²) in [5, 5.41) is 0. The summed E-state index contributed by atoms with van der Waals surface area (Å²) < 4.78 is 8.33. The molecule has 0 bridgehead atoms. The summed E-state index contributed by atoms with van der Waals surface area (Å²) in [7, 11) is 1.64. The summed E-state index contributed by atoms with van der Waals surface area (Å²) >= 11 is 1.46. The molecule has 1 aliphatic rings. The third kappa shape index (κ3) is 4.08. The number of rotatable bonds is 5. The first-order valence-corrected chi connectivity index (χ1v) is 10.8. The summed E-state index contributed by atoms with van der Waals surface area (Å²) in [6.07, 6.45) is 0.392. The van der Waals surface area contributed by atoms with Gasteiger partial charge in [-0.3, -0.25) is 19.3 Å². The molecule has 0 aliphatic carbocycles. The Balaban J connectivity index is 1.77. The Morgan fingerprint density at radius 2 is 1.87 bits per heavy atom. The highest BCUT2D eigenvalue weighted by Gasteiger charge is 2.30. The number of nitrogens with zero attached hydrogens (tertiary/aromatic N) is 3. The van der Waals surface area contributed by atoms with Gasteiger partial charge in [0.25, 0.3) is 5.91 Å². The first kappa shape index (κ1) is 21.1. The van der Waals surface area contributed by atoms with Crippen molar-refractivity contribution in [3.63, 3.8) is 0 Å². The number of carbonyl (C=O) groups is 3. The van der Waals surface area contributed by atoms with E-state index in [1.54, 1.807) is 31.4 Å². The van der Waals surface area contributed by atoms with Crippen LogP contribution in [0.25, 0.3) is 10.2 Å². The quantitative estimate of drug-likeness (QED) is 0.573. The minimum atomic E-state index is -0.423. The number of carbonyl (C=O) groups excluding carboxylic acids is 3. The molecule has 0 radical (unpaired) electrons. The van der Waals surface area contributed by atoms with Crippen LogP contribution in [0.1, 0.15) is 34.3 Å². The number of anilines is 1. The third-order valence-corrected chi connectivity index (χ3v) is 6.46. The second-order valence-corrected chi connectivity index (χ2v) is 8.53. The molecule has 0 spiro atoms. The van der Waals surface area contributed by atoms with Gasteiger partial charge < -0.3 is 9.30 Å². The topological polar surface area (TPSA) is 81.0 Å². The highest BCUT2D eigenvalue weighted by atomic mass is 32.1. The first-order chi connectivity index (χ1) is 14.9. The Labute approximate surface area is 183 Å². The van der Waals surface area contributed by atoms with Crippen molar-refractivity contribution in [2.75, 3.05) is 18.6 Å². The zero-order valence-corrected chi connectivity index (χ0v) is 18.5. The molecular formula is C23H23N3O4S. The Morgan fingerprint density at radius 3 is 2.58 bits per heavy atom. The number of hydrogen-bond donors (Lipinski definition) is 0. The highest BCUT2D eigenvalue weighted by molar-refractivity contribution is 7.16. The maximum Gasteiger partial charge on any atom is 0.279 e. The van der Waals surface area contributed by atoms with Gasteiger partial charge in [-0.05, 0) is 49.2 Å². The van der Waals surface area contributed by atoms with Gasteiger partial charge in [0.15, 0.2) is 4.80 Å². The average molecular weight is 438 g/mol. The number of benzene rings is 2. The van der Waals surface area contributed by atoms with Crippen LogP contribution >= 0.6 is 11.3 Å². The number of ether oxygens (including phenoxy) is 1. The number of aryl methyl sites for hydroxylation is 2. The normalized spacial score (nSPS) is 14.8.